The number of ether oxygens (including phenoxy) is 1. The van der Waals surface area contributed by atoms with E-state index in [-0.39, 0.29) is 5.91 Å². The van der Waals surface area contributed by atoms with Gasteiger partial charge in [-0.25, -0.2) is 0 Å². The Bertz CT molecular complexity index is 424. The Morgan fingerprint density at radius 2 is 2.00 bits per heavy atom. The molecule has 4 heteroatoms. The summed E-state index contributed by atoms with van der Waals surface area (Å²) >= 11 is 0. The number of aliphatic hydroxyl groups is 1. The first kappa shape index (κ1) is 15.5. The Morgan fingerprint density at radius 1 is 1.37 bits per heavy atom. The van der Waals surface area contributed by atoms with Crippen LogP contribution in [-0.4, -0.2) is 41.7 Å². The lowest BCUT2D eigenvalue weighted by Gasteiger charge is -2.25. The maximum atomic E-state index is 11.8. The van der Waals surface area contributed by atoms with Gasteiger partial charge in [-0.3, -0.25) is 4.79 Å². The molecule has 1 N–H and O–H groups in total. The third-order valence-electron chi connectivity index (χ3n) is 2.72. The minimum Gasteiger partial charge on any atom is -0.493 e. The number of rotatable bonds is 6. The number of carbonyl (C=O) groups excluding carboxylic acids is 1. The first-order chi connectivity index (χ1) is 8.79. The van der Waals surface area contributed by atoms with Crippen molar-refractivity contribution in [3.63, 3.8) is 0 Å². The Hall–Kier alpha value is -1.55. The standard InChI is InChI=1S/C15H23NO3/c1-12-7-5-6-8-13(12)19-10-9-14(17)16(4)11-15(2,3)18/h5-8,18H,9-11H2,1-4H3. The number of aryl methyl sites for hydroxylation is 1. The third kappa shape index (κ3) is 5.75. The van der Waals surface area contributed by atoms with E-state index in [1.807, 2.05) is 31.2 Å². The molecule has 0 saturated carbocycles. The summed E-state index contributed by atoms with van der Waals surface area (Å²) < 4.78 is 5.58. The van der Waals surface area contributed by atoms with Gasteiger partial charge in [-0.15, -0.1) is 0 Å². The lowest BCUT2D eigenvalue weighted by Crippen LogP contribution is -2.40. The fraction of sp³-hybridized carbons (Fsp3) is 0.533. The average Bonchev–Trinajstić information content (AvgIpc) is 2.29. The van der Waals surface area contributed by atoms with Crippen molar-refractivity contribution in [2.75, 3.05) is 20.2 Å². The molecular weight excluding hydrogens is 242 g/mol. The number of nitrogens with zero attached hydrogens (tertiary/aromatic N) is 1. The lowest BCUT2D eigenvalue weighted by molar-refractivity contribution is -0.133. The number of hydrogen-bond acceptors (Lipinski definition) is 3. The summed E-state index contributed by atoms with van der Waals surface area (Å²) in [5, 5.41) is 9.65. The maximum Gasteiger partial charge on any atom is 0.225 e. The van der Waals surface area contributed by atoms with Crippen molar-refractivity contribution >= 4 is 5.91 Å². The quantitative estimate of drug-likeness (QED) is 0.856. The average molecular weight is 265 g/mol. The van der Waals surface area contributed by atoms with Gasteiger partial charge in [-0.2, -0.15) is 0 Å². The van der Waals surface area contributed by atoms with Crippen molar-refractivity contribution in [1.82, 2.24) is 4.90 Å². The SMILES string of the molecule is Cc1ccccc1OCCC(=O)N(C)CC(C)(C)O. The van der Waals surface area contributed by atoms with Crippen LogP contribution in [0.4, 0.5) is 0 Å². The molecule has 0 heterocycles. The summed E-state index contributed by atoms with van der Waals surface area (Å²) in [4.78, 5) is 13.4. The van der Waals surface area contributed by atoms with Gasteiger partial charge in [0.1, 0.15) is 5.75 Å². The largest absolute Gasteiger partial charge is 0.493 e. The smallest absolute Gasteiger partial charge is 0.225 e. The van der Waals surface area contributed by atoms with Gasteiger partial charge in [-0.05, 0) is 32.4 Å². The second-order valence-electron chi connectivity index (χ2n) is 5.43. The molecule has 1 amide bonds. The van der Waals surface area contributed by atoms with E-state index < -0.39 is 5.60 Å². The van der Waals surface area contributed by atoms with Crippen molar-refractivity contribution in [2.45, 2.75) is 32.8 Å². The maximum absolute atomic E-state index is 11.8. The van der Waals surface area contributed by atoms with E-state index in [0.717, 1.165) is 11.3 Å². The molecule has 4 nitrogen and oxygen atoms in total. The summed E-state index contributed by atoms with van der Waals surface area (Å²) in [6, 6.07) is 7.72. The minimum absolute atomic E-state index is 0.0318. The zero-order chi connectivity index (χ0) is 14.5. The summed E-state index contributed by atoms with van der Waals surface area (Å²) in [5.74, 6) is 0.774. The highest BCUT2D eigenvalue weighted by Crippen LogP contribution is 2.16. The van der Waals surface area contributed by atoms with Crippen LogP contribution in [0.5, 0.6) is 5.75 Å². The van der Waals surface area contributed by atoms with Crippen molar-refractivity contribution in [3.05, 3.63) is 29.8 Å². The Balaban J connectivity index is 2.37. The van der Waals surface area contributed by atoms with Crippen LogP contribution in [-0.2, 0) is 4.79 Å². The summed E-state index contributed by atoms with van der Waals surface area (Å²) in [5.41, 5.74) is 0.182. The van der Waals surface area contributed by atoms with Gasteiger partial charge in [0, 0.05) is 13.6 Å². The number of amides is 1. The topological polar surface area (TPSA) is 49.8 Å². The van der Waals surface area contributed by atoms with Crippen LogP contribution in [0.3, 0.4) is 0 Å². The number of benzene rings is 1. The van der Waals surface area contributed by atoms with E-state index in [2.05, 4.69) is 0 Å². The molecular formula is C15H23NO3. The van der Waals surface area contributed by atoms with Gasteiger partial charge >= 0.3 is 0 Å². The van der Waals surface area contributed by atoms with E-state index in [0.29, 0.717) is 19.6 Å². The van der Waals surface area contributed by atoms with Crippen LogP contribution < -0.4 is 4.74 Å². The van der Waals surface area contributed by atoms with Gasteiger partial charge in [0.05, 0.1) is 18.6 Å². The van der Waals surface area contributed by atoms with Crippen molar-refractivity contribution < 1.29 is 14.6 Å². The van der Waals surface area contributed by atoms with Crippen LogP contribution in [0.2, 0.25) is 0 Å². The molecule has 0 radical (unpaired) electrons. The van der Waals surface area contributed by atoms with Gasteiger partial charge in [0.15, 0.2) is 0 Å². The van der Waals surface area contributed by atoms with E-state index >= 15 is 0 Å². The van der Waals surface area contributed by atoms with Crippen LogP contribution in [0.15, 0.2) is 24.3 Å². The monoisotopic (exact) mass is 265 g/mol. The molecule has 0 unspecified atom stereocenters. The zero-order valence-corrected chi connectivity index (χ0v) is 12.1. The van der Waals surface area contributed by atoms with Crippen molar-refractivity contribution in [2.24, 2.45) is 0 Å². The normalized spacial score (nSPS) is 11.2. The molecule has 0 aliphatic rings. The molecule has 1 aromatic rings. The van der Waals surface area contributed by atoms with Gasteiger partial charge < -0.3 is 14.7 Å². The van der Waals surface area contributed by atoms with E-state index in [4.69, 9.17) is 4.74 Å². The molecule has 106 valence electrons. The van der Waals surface area contributed by atoms with Gasteiger partial charge in [0.25, 0.3) is 0 Å². The molecule has 1 rings (SSSR count). The Morgan fingerprint density at radius 3 is 2.58 bits per heavy atom. The summed E-state index contributed by atoms with van der Waals surface area (Å²) in [7, 11) is 1.69. The van der Waals surface area contributed by atoms with Crippen LogP contribution in [0.25, 0.3) is 0 Å². The van der Waals surface area contributed by atoms with Crippen molar-refractivity contribution in [3.8, 4) is 5.75 Å². The van der Waals surface area contributed by atoms with E-state index in [9.17, 15) is 9.90 Å². The second-order valence-corrected chi connectivity index (χ2v) is 5.43. The number of para-hydroxylation sites is 1. The highest BCUT2D eigenvalue weighted by Gasteiger charge is 2.19. The first-order valence-corrected chi connectivity index (χ1v) is 6.44. The van der Waals surface area contributed by atoms with Gasteiger partial charge in [0.2, 0.25) is 5.91 Å². The predicted octanol–water partition coefficient (Wildman–Crippen LogP) is 1.99. The summed E-state index contributed by atoms with van der Waals surface area (Å²) in [6.07, 6.45) is 0.306. The number of carbonyl (C=O) groups is 1. The highest BCUT2D eigenvalue weighted by molar-refractivity contribution is 5.76. The minimum atomic E-state index is -0.874. The Labute approximate surface area is 115 Å². The number of likely N-dealkylation sites (N-methyl/N-ethyl adjacent to an activating group) is 1. The fourth-order valence-electron chi connectivity index (χ4n) is 1.83. The highest BCUT2D eigenvalue weighted by atomic mass is 16.5. The summed E-state index contributed by atoms with van der Waals surface area (Å²) in [6.45, 7) is 5.99. The molecule has 0 aliphatic carbocycles. The molecule has 1 aromatic carbocycles. The fourth-order valence-corrected chi connectivity index (χ4v) is 1.83. The van der Waals surface area contributed by atoms with Crippen LogP contribution in [0, 0.1) is 6.92 Å². The van der Waals surface area contributed by atoms with Crippen molar-refractivity contribution in [1.29, 1.82) is 0 Å². The van der Waals surface area contributed by atoms with E-state index in [1.54, 1.807) is 20.9 Å². The molecule has 19 heavy (non-hydrogen) atoms. The molecule has 0 bridgehead atoms. The zero-order valence-electron chi connectivity index (χ0n) is 12.1. The molecule has 0 fully saturated rings. The molecule has 0 aliphatic heterocycles. The lowest BCUT2D eigenvalue weighted by atomic mass is 10.1. The third-order valence-corrected chi connectivity index (χ3v) is 2.72. The molecule has 0 atom stereocenters. The Kier molecular flexibility index (Phi) is 5.36. The molecule has 0 saturated heterocycles. The first-order valence-electron chi connectivity index (χ1n) is 6.44. The molecule has 0 spiro atoms. The van der Waals surface area contributed by atoms with Crippen LogP contribution in [0.1, 0.15) is 25.8 Å². The van der Waals surface area contributed by atoms with Crippen LogP contribution >= 0.6 is 0 Å². The van der Waals surface area contributed by atoms with E-state index in [1.165, 1.54) is 4.90 Å². The predicted molar refractivity (Wildman–Crippen MR) is 75.2 cm³/mol. The molecule has 0 aromatic heterocycles. The second kappa shape index (κ2) is 6.57. The number of hydrogen-bond donors (Lipinski definition) is 1. The van der Waals surface area contributed by atoms with Gasteiger partial charge in [-0.1, -0.05) is 18.2 Å².